The van der Waals surface area contributed by atoms with Crippen molar-refractivity contribution >= 4 is 0 Å². The fourth-order valence-electron chi connectivity index (χ4n) is 2.01. The van der Waals surface area contributed by atoms with Crippen LogP contribution in [0.5, 0.6) is 11.5 Å². The van der Waals surface area contributed by atoms with Gasteiger partial charge in [-0.1, -0.05) is 6.07 Å². The number of rotatable bonds is 4. The third-order valence-corrected chi connectivity index (χ3v) is 3.01. The predicted molar refractivity (Wildman–Crippen MR) is 65.5 cm³/mol. The smallest absolute Gasteiger partial charge is 0.161 e. The summed E-state index contributed by atoms with van der Waals surface area (Å²) in [5.41, 5.74) is 6.82. The summed E-state index contributed by atoms with van der Waals surface area (Å²) in [5, 5.41) is 9.00. The second kappa shape index (κ2) is 5.89. The van der Waals surface area contributed by atoms with Crippen LogP contribution < -0.4 is 15.2 Å². The van der Waals surface area contributed by atoms with Crippen LogP contribution >= 0.6 is 0 Å². The summed E-state index contributed by atoms with van der Waals surface area (Å²) in [5.74, 6) is 1.76. The van der Waals surface area contributed by atoms with Crippen molar-refractivity contribution < 1.29 is 14.6 Å². The van der Waals surface area contributed by atoms with Crippen LogP contribution in [0.1, 0.15) is 24.3 Å². The summed E-state index contributed by atoms with van der Waals surface area (Å²) >= 11 is 0. The highest BCUT2D eigenvalue weighted by atomic mass is 16.5. The van der Waals surface area contributed by atoms with Gasteiger partial charge in [0.25, 0.3) is 0 Å². The van der Waals surface area contributed by atoms with Crippen LogP contribution in [0.2, 0.25) is 0 Å². The van der Waals surface area contributed by atoms with E-state index in [-0.39, 0.29) is 12.5 Å². The first-order chi connectivity index (χ1) is 8.35. The first kappa shape index (κ1) is 12.2. The lowest BCUT2D eigenvalue weighted by atomic mass is 9.96. The first-order valence-corrected chi connectivity index (χ1v) is 6.05. The highest BCUT2D eigenvalue weighted by Crippen LogP contribution is 2.33. The molecule has 94 valence electrons. The molecule has 0 bridgehead atoms. The molecule has 0 aromatic heterocycles. The molecule has 0 spiro atoms. The van der Waals surface area contributed by atoms with Gasteiger partial charge in [0.1, 0.15) is 0 Å². The number of ether oxygens (including phenoxy) is 2. The van der Waals surface area contributed by atoms with Crippen molar-refractivity contribution in [1.82, 2.24) is 0 Å². The van der Waals surface area contributed by atoms with Crippen molar-refractivity contribution in [3.8, 4) is 11.5 Å². The third-order valence-electron chi connectivity index (χ3n) is 3.01. The maximum atomic E-state index is 9.00. The van der Waals surface area contributed by atoms with E-state index < -0.39 is 0 Å². The Balaban J connectivity index is 2.21. The minimum absolute atomic E-state index is 0.149. The molecule has 1 aliphatic heterocycles. The number of nitrogens with two attached hydrogens (primary N) is 1. The van der Waals surface area contributed by atoms with Gasteiger partial charge >= 0.3 is 0 Å². The zero-order valence-corrected chi connectivity index (χ0v) is 9.89. The van der Waals surface area contributed by atoms with Crippen molar-refractivity contribution in [3.05, 3.63) is 23.8 Å². The number of benzene rings is 1. The van der Waals surface area contributed by atoms with Crippen molar-refractivity contribution in [2.24, 2.45) is 5.73 Å². The van der Waals surface area contributed by atoms with Crippen LogP contribution in [0.15, 0.2) is 18.2 Å². The van der Waals surface area contributed by atoms with E-state index in [0.717, 1.165) is 23.5 Å². The summed E-state index contributed by atoms with van der Waals surface area (Å²) in [6.45, 7) is 2.06. The second-order valence-corrected chi connectivity index (χ2v) is 4.20. The molecule has 1 aromatic carbocycles. The monoisotopic (exact) mass is 237 g/mol. The molecule has 4 nitrogen and oxygen atoms in total. The number of fused-ring (bicyclic) bond motifs is 1. The van der Waals surface area contributed by atoms with E-state index >= 15 is 0 Å². The normalized spacial score (nSPS) is 16.4. The molecule has 1 aromatic rings. The molecule has 0 aliphatic carbocycles. The van der Waals surface area contributed by atoms with E-state index in [1.54, 1.807) is 0 Å². The fourth-order valence-corrected chi connectivity index (χ4v) is 2.01. The largest absolute Gasteiger partial charge is 0.490 e. The highest BCUT2D eigenvalue weighted by Gasteiger charge is 2.15. The first-order valence-electron chi connectivity index (χ1n) is 6.05. The van der Waals surface area contributed by atoms with Gasteiger partial charge in [-0.3, -0.25) is 0 Å². The van der Waals surface area contributed by atoms with Gasteiger partial charge in [0.2, 0.25) is 0 Å². The highest BCUT2D eigenvalue weighted by molar-refractivity contribution is 5.44. The number of hydrogen-bond donors (Lipinski definition) is 2. The van der Waals surface area contributed by atoms with Gasteiger partial charge < -0.3 is 20.3 Å². The Morgan fingerprint density at radius 3 is 2.71 bits per heavy atom. The minimum atomic E-state index is 0.149. The van der Waals surface area contributed by atoms with Crippen LogP contribution in [0.4, 0.5) is 0 Å². The summed E-state index contributed by atoms with van der Waals surface area (Å²) in [7, 11) is 0. The maximum Gasteiger partial charge on any atom is 0.161 e. The number of hydrogen-bond acceptors (Lipinski definition) is 4. The standard InChI is InChI=1S/C13H19NO3/c14-9-11(4-5-15)10-2-3-12-13(8-10)17-7-1-6-16-12/h2-3,8,11,15H,1,4-7,9,14H2. The maximum absolute atomic E-state index is 9.00. The Kier molecular flexibility index (Phi) is 4.23. The van der Waals surface area contributed by atoms with Crippen molar-refractivity contribution in [2.75, 3.05) is 26.4 Å². The van der Waals surface area contributed by atoms with E-state index in [1.165, 1.54) is 0 Å². The van der Waals surface area contributed by atoms with Crippen LogP contribution in [0, 0.1) is 0 Å². The topological polar surface area (TPSA) is 64.7 Å². The Labute approximate surface area is 101 Å². The molecule has 1 heterocycles. The molecular weight excluding hydrogens is 218 g/mol. The van der Waals surface area contributed by atoms with Gasteiger partial charge in [0.15, 0.2) is 11.5 Å². The van der Waals surface area contributed by atoms with E-state index in [0.29, 0.717) is 26.2 Å². The zero-order chi connectivity index (χ0) is 12.1. The van der Waals surface area contributed by atoms with Crippen molar-refractivity contribution in [3.63, 3.8) is 0 Å². The molecule has 4 heteroatoms. The molecule has 2 rings (SSSR count). The van der Waals surface area contributed by atoms with Crippen LogP contribution in [-0.2, 0) is 0 Å². The summed E-state index contributed by atoms with van der Waals surface area (Å²) < 4.78 is 11.2. The second-order valence-electron chi connectivity index (χ2n) is 4.20. The lowest BCUT2D eigenvalue weighted by molar-refractivity contribution is 0.276. The van der Waals surface area contributed by atoms with Crippen LogP contribution in [0.25, 0.3) is 0 Å². The van der Waals surface area contributed by atoms with Gasteiger partial charge in [-0.05, 0) is 36.6 Å². The average molecular weight is 237 g/mol. The number of aliphatic hydroxyl groups is 1. The third kappa shape index (κ3) is 2.90. The predicted octanol–water partition coefficient (Wildman–Crippen LogP) is 1.27. The molecule has 1 aliphatic rings. The van der Waals surface area contributed by atoms with Crippen molar-refractivity contribution in [2.45, 2.75) is 18.8 Å². The molecule has 0 saturated heterocycles. The van der Waals surface area contributed by atoms with Gasteiger partial charge in [0.05, 0.1) is 13.2 Å². The van der Waals surface area contributed by atoms with E-state index in [1.807, 2.05) is 18.2 Å². The van der Waals surface area contributed by atoms with E-state index in [4.69, 9.17) is 20.3 Å². The van der Waals surface area contributed by atoms with Crippen LogP contribution in [-0.4, -0.2) is 31.5 Å². The number of aliphatic hydroxyl groups excluding tert-OH is 1. The molecule has 1 unspecified atom stereocenters. The minimum Gasteiger partial charge on any atom is -0.490 e. The summed E-state index contributed by atoms with van der Waals surface area (Å²) in [6, 6.07) is 5.91. The molecule has 0 saturated carbocycles. The Hall–Kier alpha value is -1.26. The zero-order valence-electron chi connectivity index (χ0n) is 9.89. The molecule has 0 radical (unpaired) electrons. The van der Waals surface area contributed by atoms with Crippen LogP contribution in [0.3, 0.4) is 0 Å². The summed E-state index contributed by atoms with van der Waals surface area (Å²) in [6.07, 6.45) is 1.58. The Morgan fingerprint density at radius 1 is 1.24 bits per heavy atom. The lowest BCUT2D eigenvalue weighted by Gasteiger charge is -2.16. The lowest BCUT2D eigenvalue weighted by Crippen LogP contribution is -2.14. The quantitative estimate of drug-likeness (QED) is 0.827. The molecule has 0 fully saturated rings. The Bertz CT molecular complexity index is 368. The van der Waals surface area contributed by atoms with Gasteiger partial charge in [-0.25, -0.2) is 0 Å². The van der Waals surface area contributed by atoms with Crippen molar-refractivity contribution in [1.29, 1.82) is 0 Å². The fraction of sp³-hybridized carbons (Fsp3) is 0.538. The molecule has 1 atom stereocenters. The van der Waals surface area contributed by atoms with Gasteiger partial charge in [0, 0.05) is 13.0 Å². The summed E-state index contributed by atoms with van der Waals surface area (Å²) in [4.78, 5) is 0. The Morgan fingerprint density at radius 2 is 2.00 bits per heavy atom. The SMILES string of the molecule is NCC(CCO)c1ccc2c(c1)OCCCO2. The molecular formula is C13H19NO3. The molecule has 17 heavy (non-hydrogen) atoms. The molecule has 3 N–H and O–H groups in total. The van der Waals surface area contributed by atoms with E-state index in [2.05, 4.69) is 0 Å². The van der Waals surface area contributed by atoms with Gasteiger partial charge in [-0.15, -0.1) is 0 Å². The van der Waals surface area contributed by atoms with E-state index in [9.17, 15) is 0 Å². The average Bonchev–Trinajstić information content (AvgIpc) is 2.60. The van der Waals surface area contributed by atoms with Gasteiger partial charge in [-0.2, -0.15) is 0 Å². The molecule has 0 amide bonds.